The second-order valence-electron chi connectivity index (χ2n) is 13.8. The predicted octanol–water partition coefficient (Wildman–Crippen LogP) is 13.9. The molecule has 0 aromatic heterocycles. The number of hydrogen-bond donors (Lipinski definition) is 0. The minimum absolute atomic E-state index is 1.06. The van der Waals surface area contributed by atoms with Crippen molar-refractivity contribution in [3.63, 3.8) is 0 Å². The average Bonchev–Trinajstić information content (AvgIpc) is 3.50. The molecule has 0 atom stereocenters. The van der Waals surface area contributed by atoms with Crippen molar-refractivity contribution in [2.75, 3.05) is 9.80 Å². The third-order valence-electron chi connectivity index (χ3n) is 10.3. The highest BCUT2D eigenvalue weighted by atomic mass is 15.2. The van der Waals surface area contributed by atoms with Crippen LogP contribution in [0, 0.1) is 0 Å². The summed E-state index contributed by atoms with van der Waals surface area (Å²) < 4.78 is 0. The second-order valence-corrected chi connectivity index (χ2v) is 13.8. The number of benzene rings is 5. The molecule has 3 aliphatic rings. The summed E-state index contributed by atoms with van der Waals surface area (Å²) in [5, 5.41) is 0. The molecule has 0 radical (unpaired) electrons. The van der Waals surface area contributed by atoms with Gasteiger partial charge in [-0.15, -0.1) is 0 Å². The minimum Gasteiger partial charge on any atom is -0.315 e. The van der Waals surface area contributed by atoms with E-state index in [1.807, 2.05) is 0 Å². The van der Waals surface area contributed by atoms with Crippen LogP contribution in [0.3, 0.4) is 0 Å². The fraction of sp³-hybridized carbons (Fsp3) is 0.184. The quantitative estimate of drug-likeness (QED) is 0.155. The Morgan fingerprint density at radius 2 is 0.902 bits per heavy atom. The molecule has 0 unspecified atom stereocenters. The van der Waals surface area contributed by atoms with E-state index in [2.05, 4.69) is 180 Å². The van der Waals surface area contributed by atoms with Gasteiger partial charge in [-0.25, -0.2) is 0 Å². The van der Waals surface area contributed by atoms with Crippen LogP contribution in [-0.2, 0) is 0 Å². The van der Waals surface area contributed by atoms with Gasteiger partial charge in [0, 0.05) is 34.2 Å². The lowest BCUT2D eigenvalue weighted by molar-refractivity contribution is 0.686. The molecule has 252 valence electrons. The maximum Gasteiger partial charge on any atom is 0.0458 e. The predicted molar refractivity (Wildman–Crippen MR) is 218 cm³/mol. The molecule has 0 saturated carbocycles. The van der Waals surface area contributed by atoms with Crippen molar-refractivity contribution < 1.29 is 0 Å². The SMILES string of the molecule is C1=CCCCC(N(c2ccccc2)c2ccc(-c3ccc(-c4ccc(-c5ccc(N(C6=CCCC=C6)C6=CCCCC6)cc5)cc4)cc3)cc2)=C1. The summed E-state index contributed by atoms with van der Waals surface area (Å²) in [5.41, 5.74) is 15.1. The number of allylic oxidation sites excluding steroid dienone is 9. The van der Waals surface area contributed by atoms with Gasteiger partial charge < -0.3 is 9.80 Å². The third kappa shape index (κ3) is 7.47. The Bertz CT molecular complexity index is 2080. The molecule has 5 aromatic carbocycles. The fourth-order valence-corrected chi connectivity index (χ4v) is 7.59. The summed E-state index contributed by atoms with van der Waals surface area (Å²) in [7, 11) is 0. The van der Waals surface area contributed by atoms with Crippen molar-refractivity contribution in [1.82, 2.24) is 0 Å². The Hall–Kier alpha value is -5.60. The third-order valence-corrected chi connectivity index (χ3v) is 10.3. The topological polar surface area (TPSA) is 6.48 Å². The van der Waals surface area contributed by atoms with E-state index in [1.54, 1.807) is 0 Å². The van der Waals surface area contributed by atoms with Gasteiger partial charge in [0.15, 0.2) is 0 Å². The monoisotopic (exact) mass is 662 g/mol. The number of anilines is 3. The molecule has 5 aromatic rings. The maximum absolute atomic E-state index is 2.48. The van der Waals surface area contributed by atoms with Crippen molar-refractivity contribution >= 4 is 17.1 Å². The van der Waals surface area contributed by atoms with E-state index in [4.69, 9.17) is 0 Å². The Labute approximate surface area is 304 Å². The number of nitrogens with zero attached hydrogens (tertiary/aromatic N) is 2. The van der Waals surface area contributed by atoms with E-state index < -0.39 is 0 Å². The first-order valence-electron chi connectivity index (χ1n) is 18.8. The molecule has 0 aliphatic heterocycles. The van der Waals surface area contributed by atoms with Gasteiger partial charge in [0.25, 0.3) is 0 Å². The molecule has 2 nitrogen and oxygen atoms in total. The van der Waals surface area contributed by atoms with Crippen molar-refractivity contribution in [3.8, 4) is 33.4 Å². The summed E-state index contributed by atoms with van der Waals surface area (Å²) in [6, 6.07) is 46.8. The van der Waals surface area contributed by atoms with E-state index in [1.165, 1.54) is 93.2 Å². The van der Waals surface area contributed by atoms with Crippen LogP contribution in [0.4, 0.5) is 17.1 Å². The Balaban J connectivity index is 0.972. The van der Waals surface area contributed by atoms with Crippen molar-refractivity contribution in [3.05, 3.63) is 187 Å². The highest BCUT2D eigenvalue weighted by Gasteiger charge is 2.19. The molecule has 3 aliphatic carbocycles. The van der Waals surface area contributed by atoms with E-state index in [0.29, 0.717) is 0 Å². The van der Waals surface area contributed by atoms with Gasteiger partial charge in [-0.2, -0.15) is 0 Å². The number of hydrogen-bond acceptors (Lipinski definition) is 2. The average molecular weight is 663 g/mol. The van der Waals surface area contributed by atoms with Gasteiger partial charge in [-0.1, -0.05) is 121 Å². The maximum atomic E-state index is 2.48. The molecule has 0 spiro atoms. The highest BCUT2D eigenvalue weighted by molar-refractivity contribution is 5.76. The van der Waals surface area contributed by atoms with Gasteiger partial charge in [0.05, 0.1) is 0 Å². The largest absolute Gasteiger partial charge is 0.315 e. The van der Waals surface area contributed by atoms with E-state index in [0.717, 1.165) is 32.1 Å². The summed E-state index contributed by atoms with van der Waals surface area (Å²) in [6.45, 7) is 0. The summed E-state index contributed by atoms with van der Waals surface area (Å²) >= 11 is 0. The van der Waals surface area contributed by atoms with Gasteiger partial charge in [0.2, 0.25) is 0 Å². The highest BCUT2D eigenvalue weighted by Crippen LogP contribution is 2.36. The molecule has 0 heterocycles. The number of rotatable bonds is 9. The Morgan fingerprint density at radius 1 is 0.373 bits per heavy atom. The van der Waals surface area contributed by atoms with Crippen LogP contribution >= 0.6 is 0 Å². The van der Waals surface area contributed by atoms with E-state index in [9.17, 15) is 0 Å². The molecule has 8 rings (SSSR count). The van der Waals surface area contributed by atoms with Crippen LogP contribution in [0.5, 0.6) is 0 Å². The van der Waals surface area contributed by atoms with Crippen molar-refractivity contribution in [1.29, 1.82) is 0 Å². The summed E-state index contributed by atoms with van der Waals surface area (Å²) in [6.07, 6.45) is 26.7. The molecule has 0 fully saturated rings. The molecule has 2 heteroatoms. The number of para-hydroxylation sites is 1. The molecule has 0 N–H and O–H groups in total. The van der Waals surface area contributed by atoms with Gasteiger partial charge in [0.1, 0.15) is 0 Å². The smallest absolute Gasteiger partial charge is 0.0458 e. The lowest BCUT2D eigenvalue weighted by atomic mass is 9.97. The van der Waals surface area contributed by atoms with Crippen LogP contribution in [-0.4, -0.2) is 0 Å². The van der Waals surface area contributed by atoms with Crippen molar-refractivity contribution in [2.45, 2.75) is 57.8 Å². The first kappa shape index (κ1) is 32.6. The van der Waals surface area contributed by atoms with Crippen molar-refractivity contribution in [2.24, 2.45) is 0 Å². The Kier molecular flexibility index (Phi) is 9.92. The zero-order chi connectivity index (χ0) is 34.2. The first-order chi connectivity index (χ1) is 25.3. The van der Waals surface area contributed by atoms with E-state index >= 15 is 0 Å². The van der Waals surface area contributed by atoms with Crippen LogP contribution in [0.2, 0.25) is 0 Å². The first-order valence-corrected chi connectivity index (χ1v) is 18.8. The molecular weight excluding hydrogens is 617 g/mol. The van der Waals surface area contributed by atoms with Crippen LogP contribution in [0.1, 0.15) is 57.8 Å². The normalized spacial score (nSPS) is 15.7. The molecule has 0 amide bonds. The summed E-state index contributed by atoms with van der Waals surface area (Å²) in [5.74, 6) is 0. The lowest BCUT2D eigenvalue weighted by Gasteiger charge is -2.31. The van der Waals surface area contributed by atoms with Gasteiger partial charge in [-0.3, -0.25) is 0 Å². The van der Waals surface area contributed by atoms with E-state index in [-0.39, 0.29) is 0 Å². The van der Waals surface area contributed by atoms with Gasteiger partial charge >= 0.3 is 0 Å². The summed E-state index contributed by atoms with van der Waals surface area (Å²) in [4.78, 5) is 4.88. The molecule has 51 heavy (non-hydrogen) atoms. The zero-order valence-corrected chi connectivity index (χ0v) is 29.4. The Morgan fingerprint density at radius 3 is 1.43 bits per heavy atom. The van der Waals surface area contributed by atoms with Gasteiger partial charge in [-0.05, 0) is 140 Å². The second kappa shape index (κ2) is 15.5. The lowest BCUT2D eigenvalue weighted by Crippen LogP contribution is -2.22. The standard InChI is InChI=1S/C49H46N2/c1-2-7-15-44(14-6-1)50(45-16-8-3-9-17-45)48-34-30-42(31-35-48)40-26-22-38(23-27-40)39-24-28-41(29-25-39)43-32-36-49(37-33-43)51(46-18-10-4-11-19-46)47-20-12-5-13-21-47/h1,3,6,8-10,14,16-20,22-37H,2,4-5,7,11-13,15,21H2. The fourth-order valence-electron chi connectivity index (χ4n) is 7.59. The van der Waals surface area contributed by atoms with Crippen LogP contribution in [0.15, 0.2) is 187 Å². The van der Waals surface area contributed by atoms with Crippen LogP contribution in [0.25, 0.3) is 33.4 Å². The minimum atomic E-state index is 1.06. The molecule has 0 bridgehead atoms. The molecule has 0 saturated heterocycles. The molecular formula is C49H46N2. The zero-order valence-electron chi connectivity index (χ0n) is 29.4. The van der Waals surface area contributed by atoms with Crippen LogP contribution < -0.4 is 9.80 Å².